The fraction of sp³-hybridized carbons (Fsp3) is 0.429. The lowest BCUT2D eigenvalue weighted by Crippen LogP contribution is -2.45. The number of nitrogens with zero attached hydrogens (tertiary/aromatic N) is 1. The monoisotopic (exact) mass is 370 g/mol. The minimum atomic E-state index is -0.851. The van der Waals surface area contributed by atoms with E-state index in [1.165, 1.54) is 6.07 Å². The van der Waals surface area contributed by atoms with Crippen molar-refractivity contribution in [2.24, 2.45) is 0 Å². The third-order valence-corrected chi connectivity index (χ3v) is 4.90. The van der Waals surface area contributed by atoms with Crippen LogP contribution in [0.3, 0.4) is 0 Å². The highest BCUT2D eigenvalue weighted by Crippen LogP contribution is 2.29. The molecule has 2 heterocycles. The van der Waals surface area contributed by atoms with Crippen LogP contribution in [0.25, 0.3) is 11.1 Å². The van der Waals surface area contributed by atoms with E-state index in [9.17, 15) is 14.7 Å². The standard InChI is InChI=1S/C21H26N2O4/c1-14(23-11-10-18(27-20(23)25)12-21(2,3)26)15-4-6-16(7-5-15)17-8-9-19(24)22-13-17/h4-9,13-14,18,26H,10-12H2,1-3H3,(H,22,24)/t14?,18-/m0/s1. The smallest absolute Gasteiger partial charge is 0.410 e. The molecule has 0 radical (unpaired) electrons. The third-order valence-electron chi connectivity index (χ3n) is 4.90. The summed E-state index contributed by atoms with van der Waals surface area (Å²) >= 11 is 0. The first-order valence-corrected chi connectivity index (χ1v) is 9.22. The number of nitrogens with one attached hydrogen (secondary N) is 1. The minimum Gasteiger partial charge on any atom is -0.446 e. The third kappa shape index (κ3) is 4.77. The van der Waals surface area contributed by atoms with Crippen molar-refractivity contribution in [3.8, 4) is 11.1 Å². The second-order valence-corrected chi connectivity index (χ2v) is 7.74. The van der Waals surface area contributed by atoms with Crippen molar-refractivity contribution in [2.75, 3.05) is 6.54 Å². The van der Waals surface area contributed by atoms with Gasteiger partial charge in [0, 0.05) is 31.6 Å². The molecule has 1 aliphatic rings. The molecule has 6 heteroatoms. The lowest BCUT2D eigenvalue weighted by molar-refractivity contribution is -0.0309. The molecule has 3 rings (SSSR count). The maximum atomic E-state index is 12.4. The number of benzene rings is 1. The number of pyridine rings is 1. The number of carbonyl (C=O) groups excluding carboxylic acids is 1. The Bertz CT molecular complexity index is 831. The number of aromatic nitrogens is 1. The molecule has 2 aromatic rings. The van der Waals surface area contributed by atoms with Crippen molar-refractivity contribution in [3.05, 3.63) is 58.5 Å². The second-order valence-electron chi connectivity index (χ2n) is 7.74. The van der Waals surface area contributed by atoms with E-state index in [1.54, 1.807) is 31.0 Å². The van der Waals surface area contributed by atoms with Gasteiger partial charge in [-0.3, -0.25) is 4.79 Å². The van der Waals surface area contributed by atoms with Crippen LogP contribution in [0.1, 0.15) is 45.2 Å². The van der Waals surface area contributed by atoms with E-state index in [4.69, 9.17) is 4.74 Å². The van der Waals surface area contributed by atoms with Crippen LogP contribution in [0.5, 0.6) is 0 Å². The van der Waals surface area contributed by atoms with Gasteiger partial charge in [-0.05, 0) is 43.5 Å². The number of aliphatic hydroxyl groups is 1. The Morgan fingerprint density at radius 2 is 1.85 bits per heavy atom. The van der Waals surface area contributed by atoms with Crippen LogP contribution < -0.4 is 5.56 Å². The Balaban J connectivity index is 1.67. The summed E-state index contributed by atoms with van der Waals surface area (Å²) in [5.74, 6) is 0. The van der Waals surface area contributed by atoms with Crippen molar-refractivity contribution in [3.63, 3.8) is 0 Å². The molecule has 1 unspecified atom stereocenters. The second kappa shape index (κ2) is 7.56. The molecular formula is C21H26N2O4. The summed E-state index contributed by atoms with van der Waals surface area (Å²) in [7, 11) is 0. The zero-order chi connectivity index (χ0) is 19.6. The first kappa shape index (κ1) is 19.2. The van der Waals surface area contributed by atoms with Gasteiger partial charge in [-0.25, -0.2) is 4.79 Å². The van der Waals surface area contributed by atoms with Crippen LogP contribution in [0.2, 0.25) is 0 Å². The van der Waals surface area contributed by atoms with Crippen molar-refractivity contribution >= 4 is 6.09 Å². The molecule has 1 aromatic heterocycles. The molecule has 1 amide bonds. The van der Waals surface area contributed by atoms with Gasteiger partial charge in [0.05, 0.1) is 11.6 Å². The highest BCUT2D eigenvalue weighted by Gasteiger charge is 2.33. The SMILES string of the molecule is CC(c1ccc(-c2ccc(=O)[nH]c2)cc1)N1CC[C@@H](CC(C)(C)O)OC1=O. The number of H-pyrrole nitrogens is 1. The molecule has 0 aliphatic carbocycles. The van der Waals surface area contributed by atoms with Crippen molar-refractivity contribution < 1.29 is 14.6 Å². The largest absolute Gasteiger partial charge is 0.446 e. The summed E-state index contributed by atoms with van der Waals surface area (Å²) in [6, 6.07) is 11.1. The van der Waals surface area contributed by atoms with E-state index in [0.29, 0.717) is 19.4 Å². The lowest BCUT2D eigenvalue weighted by atomic mass is 9.97. The van der Waals surface area contributed by atoms with Gasteiger partial charge >= 0.3 is 6.09 Å². The molecule has 1 fully saturated rings. The normalized spacial score (nSPS) is 18.9. The predicted octanol–water partition coefficient (Wildman–Crippen LogP) is 3.47. The highest BCUT2D eigenvalue weighted by molar-refractivity contribution is 5.69. The molecule has 1 aromatic carbocycles. The quantitative estimate of drug-likeness (QED) is 0.844. The van der Waals surface area contributed by atoms with Crippen molar-refractivity contribution in [2.45, 2.75) is 51.4 Å². The molecule has 1 saturated heterocycles. The Morgan fingerprint density at radius 3 is 2.41 bits per heavy atom. The van der Waals surface area contributed by atoms with Crippen LogP contribution in [0.4, 0.5) is 4.79 Å². The fourth-order valence-corrected chi connectivity index (χ4v) is 3.42. The zero-order valence-corrected chi connectivity index (χ0v) is 15.9. The number of hydrogen-bond acceptors (Lipinski definition) is 4. The van der Waals surface area contributed by atoms with Gasteiger partial charge in [0.15, 0.2) is 0 Å². The van der Waals surface area contributed by atoms with E-state index in [-0.39, 0.29) is 23.8 Å². The zero-order valence-electron chi connectivity index (χ0n) is 15.9. The van der Waals surface area contributed by atoms with Crippen LogP contribution in [0.15, 0.2) is 47.4 Å². The van der Waals surface area contributed by atoms with Crippen LogP contribution in [-0.4, -0.2) is 39.3 Å². The number of amides is 1. The Labute approximate surface area is 158 Å². The maximum absolute atomic E-state index is 12.4. The van der Waals surface area contributed by atoms with E-state index in [1.807, 2.05) is 31.2 Å². The molecule has 6 nitrogen and oxygen atoms in total. The van der Waals surface area contributed by atoms with Gasteiger partial charge in [0.25, 0.3) is 0 Å². The van der Waals surface area contributed by atoms with Gasteiger partial charge in [-0.2, -0.15) is 0 Å². The van der Waals surface area contributed by atoms with E-state index >= 15 is 0 Å². The first-order chi connectivity index (χ1) is 12.7. The average Bonchev–Trinajstić information content (AvgIpc) is 2.61. The van der Waals surface area contributed by atoms with Crippen LogP contribution >= 0.6 is 0 Å². The molecule has 2 atom stereocenters. The maximum Gasteiger partial charge on any atom is 0.410 e. The Hall–Kier alpha value is -2.60. The predicted molar refractivity (Wildman–Crippen MR) is 103 cm³/mol. The van der Waals surface area contributed by atoms with Crippen molar-refractivity contribution in [1.29, 1.82) is 0 Å². The van der Waals surface area contributed by atoms with Crippen LogP contribution in [0, 0.1) is 0 Å². The summed E-state index contributed by atoms with van der Waals surface area (Å²) in [5.41, 5.74) is 1.96. The van der Waals surface area contributed by atoms with Gasteiger partial charge in [-0.15, -0.1) is 0 Å². The highest BCUT2D eigenvalue weighted by atomic mass is 16.6. The van der Waals surface area contributed by atoms with Crippen molar-refractivity contribution in [1.82, 2.24) is 9.88 Å². The molecule has 144 valence electrons. The number of ether oxygens (including phenoxy) is 1. The van der Waals surface area contributed by atoms with E-state index < -0.39 is 5.60 Å². The van der Waals surface area contributed by atoms with Crippen LogP contribution in [-0.2, 0) is 4.74 Å². The molecule has 0 saturated carbocycles. The molecule has 0 spiro atoms. The Morgan fingerprint density at radius 1 is 1.19 bits per heavy atom. The molecule has 1 aliphatic heterocycles. The number of aromatic amines is 1. The summed E-state index contributed by atoms with van der Waals surface area (Å²) < 4.78 is 5.52. The number of hydrogen-bond donors (Lipinski definition) is 2. The fourth-order valence-electron chi connectivity index (χ4n) is 3.42. The van der Waals surface area contributed by atoms with E-state index in [0.717, 1.165) is 16.7 Å². The summed E-state index contributed by atoms with van der Waals surface area (Å²) in [6.45, 7) is 6.02. The Kier molecular flexibility index (Phi) is 5.37. The summed E-state index contributed by atoms with van der Waals surface area (Å²) in [6.07, 6.45) is 2.24. The topological polar surface area (TPSA) is 82.6 Å². The van der Waals surface area contributed by atoms with Gasteiger partial charge in [0.1, 0.15) is 6.10 Å². The van der Waals surface area contributed by atoms with Gasteiger partial charge < -0.3 is 19.7 Å². The molecular weight excluding hydrogens is 344 g/mol. The van der Waals surface area contributed by atoms with Gasteiger partial charge in [-0.1, -0.05) is 24.3 Å². The molecule has 0 bridgehead atoms. The number of carbonyl (C=O) groups is 1. The molecule has 27 heavy (non-hydrogen) atoms. The van der Waals surface area contributed by atoms with Gasteiger partial charge in [0.2, 0.25) is 5.56 Å². The number of rotatable bonds is 5. The summed E-state index contributed by atoms with van der Waals surface area (Å²) in [5, 5.41) is 9.92. The lowest BCUT2D eigenvalue weighted by Gasteiger charge is -2.37. The molecule has 2 N–H and O–H groups in total. The number of cyclic esters (lactones) is 1. The minimum absolute atomic E-state index is 0.106. The van der Waals surface area contributed by atoms with E-state index in [2.05, 4.69) is 4.98 Å². The average molecular weight is 370 g/mol. The first-order valence-electron chi connectivity index (χ1n) is 9.22. The summed E-state index contributed by atoms with van der Waals surface area (Å²) in [4.78, 5) is 28.0.